The molecule has 0 fully saturated rings. The van der Waals surface area contributed by atoms with Crippen LogP contribution in [0.2, 0.25) is 5.02 Å². The summed E-state index contributed by atoms with van der Waals surface area (Å²) >= 11 is 11.4. The summed E-state index contributed by atoms with van der Waals surface area (Å²) in [4.78, 5) is 0. The molecule has 3 rings (SSSR count). The molecular formula is C19H22ClFN6S. The summed E-state index contributed by atoms with van der Waals surface area (Å²) in [6.45, 7) is 5.84. The van der Waals surface area contributed by atoms with Gasteiger partial charge in [-0.15, -0.1) is 0 Å². The molecule has 2 aromatic heterocycles. The molecule has 0 saturated heterocycles. The Morgan fingerprint density at radius 1 is 1.32 bits per heavy atom. The summed E-state index contributed by atoms with van der Waals surface area (Å²) in [6.07, 6.45) is 4.29. The normalized spacial score (nSPS) is 10.9. The Kier molecular flexibility index (Phi) is 6.64. The fourth-order valence-corrected chi connectivity index (χ4v) is 3.31. The second kappa shape index (κ2) is 9.16. The number of anilines is 1. The van der Waals surface area contributed by atoms with Crippen molar-refractivity contribution in [2.75, 3.05) is 11.9 Å². The molecule has 0 saturated carbocycles. The molecule has 3 aromatic rings. The van der Waals surface area contributed by atoms with E-state index in [4.69, 9.17) is 23.8 Å². The third-order valence-corrected chi connectivity index (χ3v) is 4.81. The summed E-state index contributed by atoms with van der Waals surface area (Å²) in [5.74, 6) is -0.350. The van der Waals surface area contributed by atoms with Crippen LogP contribution in [0.3, 0.4) is 0 Å². The summed E-state index contributed by atoms with van der Waals surface area (Å²) < 4.78 is 17.5. The summed E-state index contributed by atoms with van der Waals surface area (Å²) in [5, 5.41) is 15.8. The molecule has 0 radical (unpaired) electrons. The van der Waals surface area contributed by atoms with Gasteiger partial charge in [0.2, 0.25) is 0 Å². The standard InChI is InChI=1S/C19H22ClFN6S/c1-13-9-14(2)27(25-13)8-4-7-22-19(28)24-15-10-23-26(11-15)12-16-17(20)5-3-6-18(16)21/h3,5-6,9-11H,4,7-8,12H2,1-2H3,(H2,22,24,28). The first-order chi connectivity index (χ1) is 13.4. The maximum atomic E-state index is 13.9. The van der Waals surface area contributed by atoms with Crippen molar-refractivity contribution in [3.8, 4) is 0 Å². The molecule has 0 aliphatic heterocycles. The first-order valence-corrected chi connectivity index (χ1v) is 9.72. The van der Waals surface area contributed by atoms with Gasteiger partial charge in [-0.1, -0.05) is 17.7 Å². The van der Waals surface area contributed by atoms with Gasteiger partial charge in [0.25, 0.3) is 0 Å². The van der Waals surface area contributed by atoms with Gasteiger partial charge < -0.3 is 10.6 Å². The van der Waals surface area contributed by atoms with Crippen LogP contribution in [-0.2, 0) is 13.1 Å². The summed E-state index contributed by atoms with van der Waals surface area (Å²) in [6, 6.07) is 6.69. The van der Waals surface area contributed by atoms with E-state index in [1.807, 2.05) is 18.5 Å². The van der Waals surface area contributed by atoms with Crippen LogP contribution in [0.15, 0.2) is 36.7 Å². The molecule has 148 valence electrons. The number of aromatic nitrogens is 4. The SMILES string of the molecule is Cc1cc(C)n(CCCNC(=S)Nc2cnn(Cc3c(F)cccc3Cl)c2)n1. The van der Waals surface area contributed by atoms with E-state index in [0.29, 0.717) is 15.7 Å². The highest BCUT2D eigenvalue weighted by Crippen LogP contribution is 2.20. The minimum Gasteiger partial charge on any atom is -0.362 e. The average Bonchev–Trinajstić information content (AvgIpc) is 3.20. The fraction of sp³-hybridized carbons (Fsp3) is 0.316. The first-order valence-electron chi connectivity index (χ1n) is 8.93. The Hall–Kier alpha value is -2.45. The van der Waals surface area contributed by atoms with Crippen molar-refractivity contribution < 1.29 is 4.39 Å². The van der Waals surface area contributed by atoms with Gasteiger partial charge in [0.05, 0.1) is 24.1 Å². The van der Waals surface area contributed by atoms with Crippen LogP contribution in [-0.4, -0.2) is 31.2 Å². The number of rotatable bonds is 7. The average molecular weight is 421 g/mol. The van der Waals surface area contributed by atoms with Crippen molar-refractivity contribution >= 4 is 34.6 Å². The molecule has 0 spiro atoms. The number of nitrogens with one attached hydrogen (secondary N) is 2. The van der Waals surface area contributed by atoms with Crippen LogP contribution < -0.4 is 10.6 Å². The van der Waals surface area contributed by atoms with Gasteiger partial charge >= 0.3 is 0 Å². The molecule has 2 heterocycles. The predicted molar refractivity (Wildman–Crippen MR) is 113 cm³/mol. The molecule has 0 aliphatic rings. The molecule has 6 nitrogen and oxygen atoms in total. The minimum atomic E-state index is -0.350. The number of hydrogen-bond donors (Lipinski definition) is 2. The number of halogens is 2. The Balaban J connectivity index is 1.45. The monoisotopic (exact) mass is 420 g/mol. The van der Waals surface area contributed by atoms with Gasteiger partial charge in [0, 0.05) is 35.6 Å². The molecule has 0 amide bonds. The third kappa shape index (κ3) is 5.30. The van der Waals surface area contributed by atoms with Crippen molar-refractivity contribution in [1.29, 1.82) is 0 Å². The molecule has 2 N–H and O–H groups in total. The van der Waals surface area contributed by atoms with Gasteiger partial charge in [0.15, 0.2) is 5.11 Å². The van der Waals surface area contributed by atoms with E-state index in [1.165, 1.54) is 6.07 Å². The largest absolute Gasteiger partial charge is 0.362 e. The van der Waals surface area contributed by atoms with E-state index in [1.54, 1.807) is 29.2 Å². The highest BCUT2D eigenvalue weighted by Gasteiger charge is 2.09. The van der Waals surface area contributed by atoms with Gasteiger partial charge in [0.1, 0.15) is 5.82 Å². The van der Waals surface area contributed by atoms with Crippen molar-refractivity contribution in [2.24, 2.45) is 0 Å². The highest BCUT2D eigenvalue weighted by atomic mass is 35.5. The second-order valence-electron chi connectivity index (χ2n) is 6.51. The number of thiocarbonyl (C=S) groups is 1. The number of benzene rings is 1. The van der Waals surface area contributed by atoms with Gasteiger partial charge in [-0.2, -0.15) is 10.2 Å². The molecule has 9 heteroatoms. The van der Waals surface area contributed by atoms with E-state index in [0.717, 1.165) is 36.6 Å². The second-order valence-corrected chi connectivity index (χ2v) is 7.33. The zero-order valence-corrected chi connectivity index (χ0v) is 17.3. The number of aryl methyl sites for hydroxylation is 3. The molecule has 28 heavy (non-hydrogen) atoms. The van der Waals surface area contributed by atoms with Crippen LogP contribution in [0.5, 0.6) is 0 Å². The van der Waals surface area contributed by atoms with E-state index >= 15 is 0 Å². The minimum absolute atomic E-state index is 0.246. The zero-order chi connectivity index (χ0) is 20.1. The van der Waals surface area contributed by atoms with E-state index in [-0.39, 0.29) is 12.4 Å². The lowest BCUT2D eigenvalue weighted by Crippen LogP contribution is -2.29. The van der Waals surface area contributed by atoms with Crippen LogP contribution in [0, 0.1) is 19.7 Å². The van der Waals surface area contributed by atoms with Gasteiger partial charge in [-0.3, -0.25) is 9.36 Å². The van der Waals surface area contributed by atoms with Crippen LogP contribution in [0.1, 0.15) is 23.4 Å². The lowest BCUT2D eigenvalue weighted by Gasteiger charge is -2.09. The van der Waals surface area contributed by atoms with Crippen LogP contribution >= 0.6 is 23.8 Å². The number of nitrogens with zero attached hydrogens (tertiary/aromatic N) is 4. The molecule has 0 atom stereocenters. The summed E-state index contributed by atoms with van der Waals surface area (Å²) in [5.41, 5.74) is 3.31. The highest BCUT2D eigenvalue weighted by molar-refractivity contribution is 7.80. The fourth-order valence-electron chi connectivity index (χ4n) is 2.87. The molecule has 0 bridgehead atoms. The lowest BCUT2D eigenvalue weighted by molar-refractivity contribution is 0.558. The Morgan fingerprint density at radius 3 is 2.86 bits per heavy atom. The Labute approximate surface area is 173 Å². The first kappa shape index (κ1) is 20.3. The lowest BCUT2D eigenvalue weighted by atomic mass is 10.2. The van der Waals surface area contributed by atoms with Crippen molar-refractivity contribution in [1.82, 2.24) is 24.9 Å². The van der Waals surface area contributed by atoms with E-state index in [9.17, 15) is 4.39 Å². The topological polar surface area (TPSA) is 59.7 Å². The van der Waals surface area contributed by atoms with Crippen molar-refractivity contribution in [3.63, 3.8) is 0 Å². The smallest absolute Gasteiger partial charge is 0.170 e. The van der Waals surface area contributed by atoms with Crippen molar-refractivity contribution in [3.05, 3.63) is 64.5 Å². The summed E-state index contributed by atoms with van der Waals surface area (Å²) in [7, 11) is 0. The quantitative estimate of drug-likeness (QED) is 0.448. The zero-order valence-electron chi connectivity index (χ0n) is 15.7. The molecule has 1 aromatic carbocycles. The predicted octanol–water partition coefficient (Wildman–Crippen LogP) is 3.91. The van der Waals surface area contributed by atoms with Crippen molar-refractivity contribution in [2.45, 2.75) is 33.4 Å². The van der Waals surface area contributed by atoms with Crippen LogP contribution in [0.25, 0.3) is 0 Å². The van der Waals surface area contributed by atoms with Crippen LogP contribution in [0.4, 0.5) is 10.1 Å². The maximum absolute atomic E-state index is 13.9. The molecule has 0 unspecified atom stereocenters. The van der Waals surface area contributed by atoms with E-state index < -0.39 is 0 Å². The number of hydrogen-bond acceptors (Lipinski definition) is 3. The van der Waals surface area contributed by atoms with Gasteiger partial charge in [-0.25, -0.2) is 4.39 Å². The third-order valence-electron chi connectivity index (χ3n) is 4.21. The van der Waals surface area contributed by atoms with E-state index in [2.05, 4.69) is 26.9 Å². The van der Waals surface area contributed by atoms with Gasteiger partial charge in [-0.05, 0) is 50.7 Å². The Bertz CT molecular complexity index is 947. The Morgan fingerprint density at radius 2 is 2.14 bits per heavy atom. The molecule has 0 aliphatic carbocycles. The molecular weight excluding hydrogens is 399 g/mol. The maximum Gasteiger partial charge on any atom is 0.170 e.